The SMILES string of the molecule is c1ccc2c(c1)C1C3c4ccccc4N4c5ccccc5N(N5c6ccccc6N2N15)N34. The van der Waals surface area contributed by atoms with E-state index < -0.39 is 0 Å². The van der Waals surface area contributed by atoms with E-state index >= 15 is 0 Å². The number of hydrogen-bond acceptors (Lipinski definition) is 6. The Kier molecular flexibility index (Phi) is 2.50. The van der Waals surface area contributed by atoms with E-state index in [0.717, 1.165) is 0 Å². The summed E-state index contributed by atoms with van der Waals surface area (Å²) in [5.74, 6) is 0. The number of nitrogens with zero attached hydrogens (tertiary/aromatic N) is 6. The predicted molar refractivity (Wildman–Crippen MR) is 124 cm³/mol. The standard InChI is InChI=1S/C26H18N6/c1-3-11-19-17(9-1)25-26-18-10-2-4-12-20(18)28-22-14-6-8-16-24(22)30(32(26)28)29-23-15-7-5-13-21(23)27(19)31(25)29/h1-16,25-26H. The van der Waals surface area contributed by atoms with E-state index in [-0.39, 0.29) is 12.1 Å². The van der Waals surface area contributed by atoms with E-state index in [1.54, 1.807) is 0 Å². The third kappa shape index (κ3) is 1.50. The van der Waals surface area contributed by atoms with Gasteiger partial charge in [-0.25, -0.2) is 0 Å². The molecule has 0 spiro atoms. The van der Waals surface area contributed by atoms with Crippen LogP contribution in [-0.4, -0.2) is 10.2 Å². The molecule has 4 aromatic carbocycles. The highest BCUT2D eigenvalue weighted by Crippen LogP contribution is 2.67. The van der Waals surface area contributed by atoms with Crippen LogP contribution >= 0.6 is 0 Å². The lowest BCUT2D eigenvalue weighted by Crippen LogP contribution is -2.67. The van der Waals surface area contributed by atoms with Crippen LogP contribution in [0.5, 0.6) is 0 Å². The number of anilines is 6. The minimum absolute atomic E-state index is 0.162. The summed E-state index contributed by atoms with van der Waals surface area (Å²) in [4.78, 5) is 0. The van der Waals surface area contributed by atoms with Gasteiger partial charge in [-0.1, -0.05) is 70.9 Å². The third-order valence-electron chi connectivity index (χ3n) is 7.39. The molecule has 9 rings (SSSR count). The van der Waals surface area contributed by atoms with Crippen molar-refractivity contribution in [1.82, 2.24) is 10.2 Å². The second-order valence-corrected chi connectivity index (χ2v) is 8.83. The lowest BCUT2D eigenvalue weighted by Gasteiger charge is -2.51. The molecule has 0 aliphatic carbocycles. The summed E-state index contributed by atoms with van der Waals surface area (Å²) < 4.78 is 0. The Morgan fingerprint density at radius 3 is 1.16 bits per heavy atom. The Morgan fingerprint density at radius 2 is 0.719 bits per heavy atom. The summed E-state index contributed by atoms with van der Waals surface area (Å²) in [6.07, 6.45) is 0. The first-order chi connectivity index (χ1) is 15.9. The first-order valence-corrected chi connectivity index (χ1v) is 11.1. The summed E-state index contributed by atoms with van der Waals surface area (Å²) >= 11 is 0. The minimum Gasteiger partial charge on any atom is -0.252 e. The molecule has 6 nitrogen and oxygen atoms in total. The number of fused-ring (bicyclic) bond motifs is 14. The molecule has 1 saturated heterocycles. The Morgan fingerprint density at radius 1 is 0.375 bits per heavy atom. The molecule has 0 N–H and O–H groups in total. The molecule has 5 aliphatic rings. The lowest BCUT2D eigenvalue weighted by atomic mass is 9.93. The van der Waals surface area contributed by atoms with Gasteiger partial charge < -0.3 is 0 Å². The molecule has 2 atom stereocenters. The summed E-state index contributed by atoms with van der Waals surface area (Å²) in [6.45, 7) is 0. The quantitative estimate of drug-likeness (QED) is 0.370. The fourth-order valence-electron chi connectivity index (χ4n) is 6.28. The molecule has 0 radical (unpaired) electrons. The van der Waals surface area contributed by atoms with E-state index in [2.05, 4.69) is 128 Å². The second-order valence-electron chi connectivity index (χ2n) is 8.83. The number of hydrazine groups is 5. The molecule has 32 heavy (non-hydrogen) atoms. The molecule has 5 aliphatic heterocycles. The van der Waals surface area contributed by atoms with Crippen LogP contribution in [0.2, 0.25) is 0 Å². The van der Waals surface area contributed by atoms with Gasteiger partial charge in [-0.3, -0.25) is 10.0 Å². The molecule has 5 heterocycles. The highest BCUT2D eigenvalue weighted by Gasteiger charge is 2.64. The van der Waals surface area contributed by atoms with Crippen molar-refractivity contribution in [3.63, 3.8) is 0 Å². The zero-order chi connectivity index (χ0) is 20.6. The van der Waals surface area contributed by atoms with Crippen molar-refractivity contribution in [2.75, 3.05) is 20.3 Å². The summed E-state index contributed by atoms with van der Waals surface area (Å²) in [7, 11) is 0. The van der Waals surface area contributed by atoms with Crippen molar-refractivity contribution >= 4 is 34.1 Å². The average molecular weight is 414 g/mol. The van der Waals surface area contributed by atoms with Crippen molar-refractivity contribution in [1.29, 1.82) is 0 Å². The molecule has 0 bridgehead atoms. The fourth-order valence-corrected chi connectivity index (χ4v) is 6.28. The Labute approximate surface area is 185 Å². The fraction of sp³-hybridized carbons (Fsp3) is 0.0769. The van der Waals surface area contributed by atoms with Gasteiger partial charge in [0.05, 0.1) is 22.7 Å². The van der Waals surface area contributed by atoms with E-state index in [0.29, 0.717) is 0 Å². The predicted octanol–water partition coefficient (Wildman–Crippen LogP) is 5.61. The Balaban J connectivity index is 1.42. The minimum atomic E-state index is 0.162. The van der Waals surface area contributed by atoms with E-state index in [1.807, 2.05) is 0 Å². The molecule has 1 fully saturated rings. The first-order valence-electron chi connectivity index (χ1n) is 11.1. The van der Waals surface area contributed by atoms with Crippen LogP contribution in [0.15, 0.2) is 97.1 Å². The summed E-state index contributed by atoms with van der Waals surface area (Å²) in [6, 6.07) is 35.5. The van der Waals surface area contributed by atoms with Gasteiger partial charge in [0.1, 0.15) is 23.5 Å². The molecular formula is C26H18N6. The molecule has 4 aromatic rings. The smallest absolute Gasteiger partial charge is 0.105 e. The van der Waals surface area contributed by atoms with E-state index in [9.17, 15) is 0 Å². The van der Waals surface area contributed by atoms with Gasteiger partial charge >= 0.3 is 0 Å². The van der Waals surface area contributed by atoms with E-state index in [1.165, 1.54) is 45.3 Å². The van der Waals surface area contributed by atoms with Gasteiger partial charge in [0, 0.05) is 11.1 Å². The van der Waals surface area contributed by atoms with Crippen LogP contribution in [-0.2, 0) is 0 Å². The molecule has 0 saturated carbocycles. The highest BCUT2D eigenvalue weighted by molar-refractivity contribution is 5.91. The van der Waals surface area contributed by atoms with Gasteiger partial charge in [-0.2, -0.15) is 10.2 Å². The van der Waals surface area contributed by atoms with Crippen LogP contribution in [0, 0.1) is 0 Å². The number of benzene rings is 4. The van der Waals surface area contributed by atoms with Crippen molar-refractivity contribution < 1.29 is 0 Å². The zero-order valence-electron chi connectivity index (χ0n) is 17.1. The molecule has 2 unspecified atom stereocenters. The van der Waals surface area contributed by atoms with Crippen molar-refractivity contribution in [3.05, 3.63) is 108 Å². The van der Waals surface area contributed by atoms with Crippen LogP contribution in [0.3, 0.4) is 0 Å². The third-order valence-corrected chi connectivity index (χ3v) is 7.39. The number of rotatable bonds is 0. The van der Waals surface area contributed by atoms with Crippen molar-refractivity contribution in [3.8, 4) is 0 Å². The van der Waals surface area contributed by atoms with Gasteiger partial charge in [0.25, 0.3) is 0 Å². The van der Waals surface area contributed by atoms with E-state index in [4.69, 9.17) is 0 Å². The largest absolute Gasteiger partial charge is 0.252 e. The molecular weight excluding hydrogens is 396 g/mol. The maximum Gasteiger partial charge on any atom is 0.105 e. The van der Waals surface area contributed by atoms with Gasteiger partial charge in [-0.05, 0) is 36.4 Å². The maximum absolute atomic E-state index is 2.46. The molecule has 0 amide bonds. The van der Waals surface area contributed by atoms with Gasteiger partial charge in [0.15, 0.2) is 0 Å². The molecule has 0 aromatic heterocycles. The monoisotopic (exact) mass is 414 g/mol. The lowest BCUT2D eigenvalue weighted by molar-refractivity contribution is 0.0173. The first kappa shape index (κ1) is 15.8. The maximum atomic E-state index is 2.46. The van der Waals surface area contributed by atoms with Crippen LogP contribution in [0.4, 0.5) is 34.1 Å². The topological polar surface area (TPSA) is 19.4 Å². The second kappa shape index (κ2) is 5.07. The average Bonchev–Trinajstić information content (AvgIpc) is 3.56. The van der Waals surface area contributed by atoms with Crippen LogP contribution < -0.4 is 20.3 Å². The van der Waals surface area contributed by atoms with Crippen LogP contribution in [0.25, 0.3) is 0 Å². The normalized spacial score (nSPS) is 23.1. The Hall–Kier alpha value is -4.00. The summed E-state index contributed by atoms with van der Waals surface area (Å²) in [5, 5.41) is 14.4. The summed E-state index contributed by atoms with van der Waals surface area (Å²) in [5.41, 5.74) is 10.1. The Bertz CT molecular complexity index is 1250. The van der Waals surface area contributed by atoms with Crippen molar-refractivity contribution in [2.24, 2.45) is 0 Å². The number of para-hydroxylation sites is 6. The van der Waals surface area contributed by atoms with Gasteiger partial charge in [0.2, 0.25) is 0 Å². The molecule has 152 valence electrons. The molecule has 6 heteroatoms. The highest BCUT2D eigenvalue weighted by atomic mass is 16.2. The van der Waals surface area contributed by atoms with Crippen molar-refractivity contribution in [2.45, 2.75) is 12.1 Å². The zero-order valence-corrected chi connectivity index (χ0v) is 17.1. The van der Waals surface area contributed by atoms with Gasteiger partial charge in [-0.15, -0.1) is 0 Å². The number of hydrogen-bond donors (Lipinski definition) is 0. The van der Waals surface area contributed by atoms with Crippen LogP contribution in [0.1, 0.15) is 23.2 Å².